The molecule has 0 aliphatic rings. The summed E-state index contributed by atoms with van der Waals surface area (Å²) in [5.74, 6) is 0.759. The Hall–Kier alpha value is -2.04. The first-order valence-corrected chi connectivity index (χ1v) is 8.28. The summed E-state index contributed by atoms with van der Waals surface area (Å²) in [6.07, 6.45) is 0.793. The zero-order valence-corrected chi connectivity index (χ0v) is 15.0. The third kappa shape index (κ3) is 4.98. The summed E-state index contributed by atoms with van der Waals surface area (Å²) in [5, 5.41) is 6.58. The largest absolute Gasteiger partial charge is 0.496 e. The first-order valence-electron chi connectivity index (χ1n) is 7.90. The van der Waals surface area contributed by atoms with Crippen LogP contribution >= 0.6 is 11.6 Å². The second-order valence-corrected chi connectivity index (χ2v) is 6.13. The number of halogens is 1. The lowest BCUT2D eigenvalue weighted by molar-refractivity contribution is -0.115. The Morgan fingerprint density at radius 2 is 1.96 bits per heavy atom. The maximum Gasteiger partial charge on any atom is 0.238 e. The minimum Gasteiger partial charge on any atom is -0.496 e. The quantitative estimate of drug-likeness (QED) is 0.751. The minimum absolute atomic E-state index is 0.108. The predicted molar refractivity (Wildman–Crippen MR) is 99.1 cm³/mol. The lowest BCUT2D eigenvalue weighted by atomic mass is 10.1. The van der Waals surface area contributed by atoms with Crippen molar-refractivity contribution in [3.05, 3.63) is 58.1 Å². The van der Waals surface area contributed by atoms with Crippen LogP contribution in [0.5, 0.6) is 5.75 Å². The third-order valence-corrected chi connectivity index (χ3v) is 4.04. The molecule has 24 heavy (non-hydrogen) atoms. The molecule has 0 saturated carbocycles. The van der Waals surface area contributed by atoms with E-state index >= 15 is 0 Å². The molecule has 0 spiro atoms. The van der Waals surface area contributed by atoms with Crippen LogP contribution in [0.4, 0.5) is 5.69 Å². The second kappa shape index (κ2) is 8.71. The van der Waals surface area contributed by atoms with Gasteiger partial charge in [-0.2, -0.15) is 0 Å². The molecule has 2 aromatic rings. The number of para-hydroxylation sites is 1. The molecule has 0 aliphatic heterocycles. The summed E-state index contributed by atoms with van der Waals surface area (Å²) in [7, 11) is 1.66. The van der Waals surface area contributed by atoms with Gasteiger partial charge in [-0.25, -0.2) is 0 Å². The van der Waals surface area contributed by atoms with E-state index in [0.29, 0.717) is 17.3 Å². The van der Waals surface area contributed by atoms with E-state index in [2.05, 4.69) is 10.6 Å². The highest BCUT2D eigenvalue weighted by molar-refractivity contribution is 6.34. The Morgan fingerprint density at radius 3 is 2.67 bits per heavy atom. The number of carbonyl (C=O) groups excluding carboxylic acids is 1. The van der Waals surface area contributed by atoms with Crippen molar-refractivity contribution in [2.75, 3.05) is 25.5 Å². The number of carbonyl (C=O) groups is 1. The van der Waals surface area contributed by atoms with E-state index in [0.717, 1.165) is 28.9 Å². The van der Waals surface area contributed by atoms with Gasteiger partial charge in [-0.1, -0.05) is 35.9 Å². The summed E-state index contributed by atoms with van der Waals surface area (Å²) in [4.78, 5) is 12.1. The van der Waals surface area contributed by atoms with Gasteiger partial charge in [0.1, 0.15) is 5.75 Å². The Bertz CT molecular complexity index is 693. The Balaban J connectivity index is 1.82. The van der Waals surface area contributed by atoms with Gasteiger partial charge in [0.15, 0.2) is 0 Å². The van der Waals surface area contributed by atoms with E-state index in [1.54, 1.807) is 7.11 Å². The van der Waals surface area contributed by atoms with Crippen LogP contribution in [0.3, 0.4) is 0 Å². The number of aryl methyl sites for hydroxylation is 2. The zero-order valence-electron chi connectivity index (χ0n) is 14.3. The summed E-state index contributed by atoms with van der Waals surface area (Å²) >= 11 is 6.20. The molecule has 2 rings (SSSR count). The van der Waals surface area contributed by atoms with Crippen molar-refractivity contribution in [1.29, 1.82) is 0 Å². The molecule has 5 heteroatoms. The van der Waals surface area contributed by atoms with Crippen LogP contribution < -0.4 is 15.4 Å². The summed E-state index contributed by atoms with van der Waals surface area (Å²) < 4.78 is 5.32. The van der Waals surface area contributed by atoms with Gasteiger partial charge in [0.05, 0.1) is 24.4 Å². The summed E-state index contributed by atoms with van der Waals surface area (Å²) in [6.45, 7) is 4.83. The van der Waals surface area contributed by atoms with Gasteiger partial charge in [0.25, 0.3) is 0 Å². The van der Waals surface area contributed by atoms with Gasteiger partial charge < -0.3 is 15.4 Å². The van der Waals surface area contributed by atoms with Gasteiger partial charge >= 0.3 is 0 Å². The van der Waals surface area contributed by atoms with Gasteiger partial charge in [-0.3, -0.25) is 4.79 Å². The maximum absolute atomic E-state index is 12.1. The molecule has 4 nitrogen and oxygen atoms in total. The van der Waals surface area contributed by atoms with Crippen molar-refractivity contribution < 1.29 is 9.53 Å². The van der Waals surface area contributed by atoms with Gasteiger partial charge in [-0.05, 0) is 55.6 Å². The van der Waals surface area contributed by atoms with Gasteiger partial charge in [0.2, 0.25) is 5.91 Å². The average Bonchev–Trinajstić information content (AvgIpc) is 2.55. The lowest BCUT2D eigenvalue weighted by Crippen LogP contribution is -2.29. The van der Waals surface area contributed by atoms with Crippen LogP contribution in [0.15, 0.2) is 36.4 Å². The molecule has 0 saturated heterocycles. The smallest absolute Gasteiger partial charge is 0.238 e. The lowest BCUT2D eigenvalue weighted by Gasteiger charge is -2.12. The Kier molecular flexibility index (Phi) is 6.64. The number of methoxy groups -OCH3 is 1. The maximum atomic E-state index is 12.1. The number of hydrogen-bond donors (Lipinski definition) is 2. The van der Waals surface area contributed by atoms with Gasteiger partial charge in [-0.15, -0.1) is 0 Å². The first-order chi connectivity index (χ1) is 11.5. The van der Waals surface area contributed by atoms with Crippen LogP contribution in [0.1, 0.15) is 16.7 Å². The number of benzene rings is 2. The van der Waals surface area contributed by atoms with E-state index in [1.807, 2.05) is 50.2 Å². The number of hydrogen-bond acceptors (Lipinski definition) is 3. The number of ether oxygens (including phenoxy) is 1. The molecule has 0 radical (unpaired) electrons. The van der Waals surface area contributed by atoms with Crippen LogP contribution in [-0.4, -0.2) is 26.1 Å². The van der Waals surface area contributed by atoms with Crippen molar-refractivity contribution in [2.45, 2.75) is 20.3 Å². The zero-order chi connectivity index (χ0) is 17.5. The molecular formula is C19H23ClN2O2. The highest BCUT2D eigenvalue weighted by Crippen LogP contribution is 2.27. The number of rotatable bonds is 7. The van der Waals surface area contributed by atoms with Crippen molar-refractivity contribution in [3.8, 4) is 5.75 Å². The van der Waals surface area contributed by atoms with Crippen LogP contribution in [0, 0.1) is 13.8 Å². The molecule has 0 aliphatic carbocycles. The highest BCUT2D eigenvalue weighted by Gasteiger charge is 2.09. The fourth-order valence-corrected chi connectivity index (χ4v) is 2.96. The topological polar surface area (TPSA) is 50.4 Å². The fraction of sp³-hybridized carbons (Fsp3) is 0.316. The van der Waals surface area contributed by atoms with E-state index in [9.17, 15) is 4.79 Å². The third-order valence-electron chi connectivity index (χ3n) is 3.75. The predicted octanol–water partition coefficient (Wildman–Crippen LogP) is 3.74. The molecule has 2 aromatic carbocycles. The molecule has 0 fully saturated rings. The number of nitrogens with one attached hydrogen (secondary N) is 2. The van der Waals surface area contributed by atoms with Crippen molar-refractivity contribution in [3.63, 3.8) is 0 Å². The summed E-state index contributed by atoms with van der Waals surface area (Å²) in [6, 6.07) is 11.7. The van der Waals surface area contributed by atoms with Crippen LogP contribution in [-0.2, 0) is 11.2 Å². The van der Waals surface area contributed by atoms with Crippen molar-refractivity contribution >= 4 is 23.2 Å². The van der Waals surface area contributed by atoms with Crippen LogP contribution in [0.2, 0.25) is 5.02 Å². The molecule has 0 atom stereocenters. The van der Waals surface area contributed by atoms with Crippen LogP contribution in [0.25, 0.3) is 0 Å². The summed E-state index contributed by atoms with van der Waals surface area (Å²) in [5.41, 5.74) is 3.83. The molecule has 0 unspecified atom stereocenters. The molecule has 0 heterocycles. The van der Waals surface area contributed by atoms with Gasteiger partial charge in [0, 0.05) is 0 Å². The molecule has 128 valence electrons. The van der Waals surface area contributed by atoms with E-state index in [4.69, 9.17) is 16.3 Å². The Labute approximate surface area is 148 Å². The SMILES string of the molecule is COc1ccccc1CCNCC(=O)Nc1c(C)cc(C)cc1Cl. The fourth-order valence-electron chi connectivity index (χ4n) is 2.59. The molecule has 2 N–H and O–H groups in total. The average molecular weight is 347 g/mol. The minimum atomic E-state index is -0.108. The van der Waals surface area contributed by atoms with E-state index in [1.165, 1.54) is 0 Å². The molecule has 0 aromatic heterocycles. The van der Waals surface area contributed by atoms with Crippen molar-refractivity contribution in [2.24, 2.45) is 0 Å². The molecular weight excluding hydrogens is 324 g/mol. The molecule has 0 bridgehead atoms. The standard InChI is InChI=1S/C19H23ClN2O2/c1-13-10-14(2)19(16(20)11-13)22-18(23)12-21-9-8-15-6-4-5-7-17(15)24-3/h4-7,10-11,21H,8-9,12H2,1-3H3,(H,22,23). The Morgan fingerprint density at radius 1 is 1.21 bits per heavy atom. The highest BCUT2D eigenvalue weighted by atomic mass is 35.5. The van der Waals surface area contributed by atoms with E-state index in [-0.39, 0.29) is 12.5 Å². The normalized spacial score (nSPS) is 10.5. The van der Waals surface area contributed by atoms with Crippen molar-refractivity contribution in [1.82, 2.24) is 5.32 Å². The van der Waals surface area contributed by atoms with E-state index < -0.39 is 0 Å². The molecule has 1 amide bonds. The second-order valence-electron chi connectivity index (χ2n) is 5.73. The number of anilines is 1. The number of amides is 1. The monoisotopic (exact) mass is 346 g/mol. The first kappa shape index (κ1) is 18.3.